The number of hydrogen-bond acceptors (Lipinski definition) is 4. The summed E-state index contributed by atoms with van der Waals surface area (Å²) >= 11 is 1.63. The first-order valence-electron chi connectivity index (χ1n) is 6.63. The van der Waals surface area contributed by atoms with Crippen LogP contribution in [0.4, 0.5) is 5.69 Å². The molecule has 2 aromatic rings. The molecule has 5 heteroatoms. The molecule has 0 spiro atoms. The molecular formula is C15H19N3OS. The van der Waals surface area contributed by atoms with E-state index < -0.39 is 0 Å². The minimum atomic E-state index is -0.152. The number of rotatable bonds is 4. The predicted octanol–water partition coefficient (Wildman–Crippen LogP) is 3.09. The van der Waals surface area contributed by atoms with Crippen LogP contribution in [0.5, 0.6) is 0 Å². The number of amides is 1. The number of nitrogens with zero attached hydrogens (tertiary/aromatic N) is 1. The molecule has 3 N–H and O–H groups in total. The normalized spacial score (nSPS) is 12.2. The summed E-state index contributed by atoms with van der Waals surface area (Å²) in [5.74, 6) is -0.152. The number of aromatic nitrogens is 1. The molecule has 2 rings (SSSR count). The molecule has 20 heavy (non-hydrogen) atoms. The maximum atomic E-state index is 12.3. The number of aryl methyl sites for hydroxylation is 2. The average Bonchev–Trinajstić information content (AvgIpc) is 2.87. The van der Waals surface area contributed by atoms with E-state index in [1.165, 1.54) is 4.88 Å². The lowest BCUT2D eigenvalue weighted by atomic mass is 10.1. The number of carbonyl (C=O) groups is 1. The second kappa shape index (κ2) is 6.05. The Balaban J connectivity index is 2.15. The standard InChI is InChI=1S/C15H19N3OS/c1-4-11-8-17-15(20-11)10(3)18-14(19)13-9(2)6-5-7-12(13)16/h5-8,10H,4,16H2,1-3H3,(H,18,19). The Bertz CT molecular complexity index is 601. The first kappa shape index (κ1) is 14.5. The minimum absolute atomic E-state index is 0.119. The van der Waals surface area contributed by atoms with Gasteiger partial charge in [-0.3, -0.25) is 4.79 Å². The number of carbonyl (C=O) groups excluding carboxylic acids is 1. The quantitative estimate of drug-likeness (QED) is 0.850. The van der Waals surface area contributed by atoms with Crippen molar-refractivity contribution in [2.75, 3.05) is 5.73 Å². The molecule has 0 saturated heterocycles. The molecule has 4 nitrogen and oxygen atoms in total. The monoisotopic (exact) mass is 289 g/mol. The predicted molar refractivity (Wildman–Crippen MR) is 83.0 cm³/mol. The average molecular weight is 289 g/mol. The van der Waals surface area contributed by atoms with Crippen molar-refractivity contribution < 1.29 is 4.79 Å². The highest BCUT2D eigenvalue weighted by molar-refractivity contribution is 7.11. The van der Waals surface area contributed by atoms with Gasteiger partial charge in [0.2, 0.25) is 0 Å². The summed E-state index contributed by atoms with van der Waals surface area (Å²) in [5, 5.41) is 3.88. The summed E-state index contributed by atoms with van der Waals surface area (Å²) in [6.07, 6.45) is 2.83. The Morgan fingerprint density at radius 1 is 1.50 bits per heavy atom. The summed E-state index contributed by atoms with van der Waals surface area (Å²) in [4.78, 5) is 17.9. The van der Waals surface area contributed by atoms with E-state index in [-0.39, 0.29) is 11.9 Å². The van der Waals surface area contributed by atoms with E-state index in [0.29, 0.717) is 11.3 Å². The van der Waals surface area contributed by atoms with E-state index in [4.69, 9.17) is 5.73 Å². The molecule has 0 fully saturated rings. The molecule has 1 aromatic heterocycles. The van der Waals surface area contributed by atoms with Gasteiger partial charge in [0.25, 0.3) is 5.91 Å². The lowest BCUT2D eigenvalue weighted by Gasteiger charge is -2.14. The van der Waals surface area contributed by atoms with Crippen molar-refractivity contribution in [3.63, 3.8) is 0 Å². The number of benzene rings is 1. The van der Waals surface area contributed by atoms with E-state index in [1.54, 1.807) is 17.4 Å². The lowest BCUT2D eigenvalue weighted by Crippen LogP contribution is -2.28. The Morgan fingerprint density at radius 3 is 2.85 bits per heavy atom. The summed E-state index contributed by atoms with van der Waals surface area (Å²) in [7, 11) is 0. The topological polar surface area (TPSA) is 68.0 Å². The van der Waals surface area contributed by atoms with Crippen LogP contribution in [-0.4, -0.2) is 10.9 Å². The Morgan fingerprint density at radius 2 is 2.25 bits per heavy atom. The molecule has 106 valence electrons. The molecule has 1 amide bonds. The van der Waals surface area contributed by atoms with Crippen LogP contribution in [0.25, 0.3) is 0 Å². The third-order valence-corrected chi connectivity index (χ3v) is 4.49. The molecule has 0 aliphatic rings. The van der Waals surface area contributed by atoms with Crippen molar-refractivity contribution in [3.8, 4) is 0 Å². The van der Waals surface area contributed by atoms with Crippen molar-refractivity contribution >= 4 is 22.9 Å². The van der Waals surface area contributed by atoms with E-state index in [0.717, 1.165) is 17.0 Å². The maximum Gasteiger partial charge on any atom is 0.254 e. The van der Waals surface area contributed by atoms with E-state index >= 15 is 0 Å². The van der Waals surface area contributed by atoms with Gasteiger partial charge in [0.15, 0.2) is 0 Å². The third-order valence-electron chi connectivity index (χ3n) is 3.17. The van der Waals surface area contributed by atoms with Gasteiger partial charge in [0, 0.05) is 16.8 Å². The van der Waals surface area contributed by atoms with Crippen LogP contribution >= 0.6 is 11.3 Å². The number of anilines is 1. The van der Waals surface area contributed by atoms with Crippen molar-refractivity contribution in [3.05, 3.63) is 45.4 Å². The van der Waals surface area contributed by atoms with Crippen LogP contribution in [0.1, 0.15) is 45.7 Å². The fraction of sp³-hybridized carbons (Fsp3) is 0.333. The van der Waals surface area contributed by atoms with Gasteiger partial charge < -0.3 is 11.1 Å². The number of thiazole rings is 1. The largest absolute Gasteiger partial charge is 0.398 e. The highest BCUT2D eigenvalue weighted by Crippen LogP contribution is 2.22. The van der Waals surface area contributed by atoms with E-state index in [2.05, 4.69) is 17.2 Å². The molecule has 1 aromatic carbocycles. The fourth-order valence-corrected chi connectivity index (χ4v) is 2.88. The lowest BCUT2D eigenvalue weighted by molar-refractivity contribution is 0.0940. The first-order valence-corrected chi connectivity index (χ1v) is 7.45. The number of nitrogens with one attached hydrogen (secondary N) is 1. The van der Waals surface area contributed by atoms with Gasteiger partial charge in [-0.05, 0) is 31.9 Å². The summed E-state index contributed by atoms with van der Waals surface area (Å²) < 4.78 is 0. The van der Waals surface area contributed by atoms with Gasteiger partial charge in [-0.25, -0.2) is 4.98 Å². The van der Waals surface area contributed by atoms with Crippen molar-refractivity contribution in [2.24, 2.45) is 0 Å². The molecule has 0 saturated carbocycles. The summed E-state index contributed by atoms with van der Waals surface area (Å²) in [6.45, 7) is 5.91. The SMILES string of the molecule is CCc1cnc(C(C)NC(=O)c2c(C)cccc2N)s1. The van der Waals surface area contributed by atoms with Crippen LogP contribution in [0.2, 0.25) is 0 Å². The van der Waals surface area contributed by atoms with Crippen LogP contribution in [-0.2, 0) is 6.42 Å². The molecular weight excluding hydrogens is 270 g/mol. The third kappa shape index (κ3) is 2.99. The van der Waals surface area contributed by atoms with Crippen LogP contribution in [0.15, 0.2) is 24.4 Å². The van der Waals surface area contributed by atoms with Crippen molar-refractivity contribution in [2.45, 2.75) is 33.2 Å². The maximum absolute atomic E-state index is 12.3. The van der Waals surface area contributed by atoms with Gasteiger partial charge in [0.05, 0.1) is 11.6 Å². The molecule has 0 radical (unpaired) electrons. The van der Waals surface area contributed by atoms with Gasteiger partial charge >= 0.3 is 0 Å². The molecule has 1 unspecified atom stereocenters. The van der Waals surface area contributed by atoms with Gasteiger partial charge in [-0.1, -0.05) is 19.1 Å². The van der Waals surface area contributed by atoms with E-state index in [1.807, 2.05) is 32.2 Å². The zero-order chi connectivity index (χ0) is 14.7. The van der Waals surface area contributed by atoms with Gasteiger partial charge in [0.1, 0.15) is 5.01 Å². The molecule has 1 heterocycles. The Hall–Kier alpha value is -1.88. The zero-order valence-corrected chi connectivity index (χ0v) is 12.8. The molecule has 0 aliphatic carbocycles. The van der Waals surface area contributed by atoms with Gasteiger partial charge in [-0.15, -0.1) is 11.3 Å². The number of nitrogens with two attached hydrogens (primary N) is 1. The summed E-state index contributed by atoms with van der Waals surface area (Å²) in [5.41, 5.74) is 7.82. The van der Waals surface area contributed by atoms with Crippen molar-refractivity contribution in [1.82, 2.24) is 10.3 Å². The van der Waals surface area contributed by atoms with Crippen LogP contribution < -0.4 is 11.1 Å². The smallest absolute Gasteiger partial charge is 0.254 e. The zero-order valence-electron chi connectivity index (χ0n) is 11.9. The summed E-state index contributed by atoms with van der Waals surface area (Å²) in [6, 6.07) is 5.35. The van der Waals surface area contributed by atoms with Crippen LogP contribution in [0.3, 0.4) is 0 Å². The fourth-order valence-electron chi connectivity index (χ4n) is 2.02. The van der Waals surface area contributed by atoms with Crippen LogP contribution in [0, 0.1) is 6.92 Å². The Labute approximate surface area is 123 Å². The minimum Gasteiger partial charge on any atom is -0.398 e. The highest BCUT2D eigenvalue weighted by Gasteiger charge is 2.17. The molecule has 0 bridgehead atoms. The Kier molecular flexibility index (Phi) is 4.39. The second-order valence-corrected chi connectivity index (χ2v) is 5.90. The molecule has 1 atom stereocenters. The second-order valence-electron chi connectivity index (χ2n) is 4.75. The number of nitrogen functional groups attached to an aromatic ring is 1. The van der Waals surface area contributed by atoms with Crippen molar-refractivity contribution in [1.29, 1.82) is 0 Å². The molecule has 0 aliphatic heterocycles. The van der Waals surface area contributed by atoms with Gasteiger partial charge in [-0.2, -0.15) is 0 Å². The number of hydrogen-bond donors (Lipinski definition) is 2. The highest BCUT2D eigenvalue weighted by atomic mass is 32.1. The first-order chi connectivity index (χ1) is 9.52. The van der Waals surface area contributed by atoms with E-state index in [9.17, 15) is 4.79 Å².